The Morgan fingerprint density at radius 2 is 1.44 bits per heavy atom. The number of aliphatic imine (C=N–C) groups is 1. The van der Waals surface area contributed by atoms with Gasteiger partial charge >= 0.3 is 0 Å². The molecule has 0 saturated heterocycles. The van der Waals surface area contributed by atoms with Crippen LogP contribution in [0, 0.1) is 0 Å². The van der Waals surface area contributed by atoms with Gasteiger partial charge in [-0.05, 0) is 118 Å². The predicted molar refractivity (Wildman–Crippen MR) is 224 cm³/mol. The third-order valence-corrected chi connectivity index (χ3v) is 11.8. The molecule has 0 spiro atoms. The second kappa shape index (κ2) is 13.7. The van der Waals surface area contributed by atoms with Crippen LogP contribution in [0.25, 0.3) is 11.1 Å². The Balaban J connectivity index is 1.27. The van der Waals surface area contributed by atoms with Gasteiger partial charge in [-0.15, -0.1) is 0 Å². The first kappa shape index (κ1) is 36.1. The summed E-state index contributed by atoms with van der Waals surface area (Å²) in [5, 5.41) is 0. The summed E-state index contributed by atoms with van der Waals surface area (Å²) in [5.74, 6) is 3.90. The zero-order valence-corrected chi connectivity index (χ0v) is 33.5. The topological polar surface area (TPSA) is 47.0 Å². The first-order valence-electron chi connectivity index (χ1n) is 20.0. The van der Waals surface area contributed by atoms with Crippen LogP contribution in [0.2, 0.25) is 0 Å². The van der Waals surface area contributed by atoms with Crippen LogP contribution in [0.3, 0.4) is 0 Å². The Labute approximate surface area is 322 Å². The molecule has 3 aliphatic rings. The molecule has 0 radical (unpaired) electrons. The van der Waals surface area contributed by atoms with E-state index in [-0.39, 0.29) is 23.0 Å². The lowest BCUT2D eigenvalue weighted by atomic mass is 9.73. The highest BCUT2D eigenvalue weighted by Crippen LogP contribution is 2.53. The van der Waals surface area contributed by atoms with E-state index < -0.39 is 0 Å². The molecule has 4 aromatic carbocycles. The van der Waals surface area contributed by atoms with Gasteiger partial charge in [0.05, 0.1) is 17.4 Å². The minimum Gasteiger partial charge on any atom is -0.472 e. The minimum atomic E-state index is -0.224. The monoisotopic (exact) mass is 717 g/mol. The summed E-state index contributed by atoms with van der Waals surface area (Å²) in [7, 11) is 0. The largest absolute Gasteiger partial charge is 0.472 e. The molecular weight excluding hydrogens is 663 g/mol. The van der Waals surface area contributed by atoms with Crippen molar-refractivity contribution in [3.8, 4) is 22.6 Å². The number of hydrogen-bond donors (Lipinski definition) is 0. The number of rotatable bonds is 7. The molecule has 278 valence electrons. The molecule has 5 aromatic rings. The number of nitrogens with zero attached hydrogens (tertiary/aromatic N) is 3. The van der Waals surface area contributed by atoms with Crippen molar-refractivity contribution in [2.75, 3.05) is 4.90 Å². The van der Waals surface area contributed by atoms with Crippen LogP contribution >= 0.6 is 0 Å². The van der Waals surface area contributed by atoms with Gasteiger partial charge in [-0.2, -0.15) is 0 Å². The van der Waals surface area contributed by atoms with Gasteiger partial charge in [-0.3, -0.25) is 4.90 Å². The number of ether oxygens (including phenoxy) is 2. The number of anilines is 3. The predicted octanol–water partition coefficient (Wildman–Crippen LogP) is 13.3. The van der Waals surface area contributed by atoms with E-state index in [4.69, 9.17) is 19.5 Å². The van der Waals surface area contributed by atoms with Crippen molar-refractivity contribution in [2.45, 2.75) is 123 Å². The summed E-state index contributed by atoms with van der Waals surface area (Å²) in [6, 6.07) is 33.3. The van der Waals surface area contributed by atoms with Crippen LogP contribution in [0.5, 0.6) is 11.5 Å². The van der Waals surface area contributed by atoms with E-state index in [0.29, 0.717) is 11.8 Å². The Morgan fingerprint density at radius 1 is 0.741 bits per heavy atom. The molecule has 54 heavy (non-hydrogen) atoms. The number of benzene rings is 4. The third-order valence-electron chi connectivity index (χ3n) is 11.8. The van der Waals surface area contributed by atoms with E-state index in [2.05, 4.69) is 158 Å². The van der Waals surface area contributed by atoms with E-state index in [9.17, 15) is 0 Å². The van der Waals surface area contributed by atoms with E-state index in [1.165, 1.54) is 46.2 Å². The minimum absolute atomic E-state index is 0.0164. The number of aromatic nitrogens is 1. The molecule has 0 N–H and O–H groups in total. The van der Waals surface area contributed by atoms with Gasteiger partial charge in [0.1, 0.15) is 23.4 Å². The van der Waals surface area contributed by atoms with Crippen LogP contribution in [-0.4, -0.2) is 23.0 Å². The summed E-state index contributed by atoms with van der Waals surface area (Å²) < 4.78 is 13.6. The molecule has 0 unspecified atom stereocenters. The molecule has 2 aliphatic heterocycles. The zero-order valence-electron chi connectivity index (χ0n) is 33.5. The molecule has 1 aliphatic carbocycles. The molecule has 5 heteroatoms. The van der Waals surface area contributed by atoms with E-state index >= 15 is 0 Å². The molecule has 0 amide bonds. The maximum atomic E-state index is 6.99. The zero-order chi connectivity index (χ0) is 37.9. The second-order valence-electron chi connectivity index (χ2n) is 17.7. The fourth-order valence-electron chi connectivity index (χ4n) is 8.79. The highest BCUT2D eigenvalue weighted by molar-refractivity contribution is 5.97. The summed E-state index contributed by atoms with van der Waals surface area (Å²) in [6.07, 6.45) is 6.66. The molecule has 1 aromatic heterocycles. The Bertz CT molecular complexity index is 2210. The second-order valence-corrected chi connectivity index (χ2v) is 17.7. The van der Waals surface area contributed by atoms with Crippen LogP contribution < -0.4 is 9.64 Å². The first-order valence-corrected chi connectivity index (χ1v) is 20.0. The molecule has 8 rings (SSSR count). The molecular formula is C49H55N3O2. The van der Waals surface area contributed by atoms with Gasteiger partial charge in [0.15, 0.2) is 0 Å². The first-order chi connectivity index (χ1) is 25.8. The summed E-state index contributed by atoms with van der Waals surface area (Å²) in [5.41, 5.74) is 11.8. The number of pyridine rings is 1. The lowest BCUT2D eigenvalue weighted by molar-refractivity contribution is 0.153. The lowest BCUT2D eigenvalue weighted by Gasteiger charge is -2.41. The highest BCUT2D eigenvalue weighted by Gasteiger charge is 2.38. The van der Waals surface area contributed by atoms with Crippen LogP contribution in [0.15, 0.2) is 102 Å². The summed E-state index contributed by atoms with van der Waals surface area (Å²) in [4.78, 5) is 12.5. The Hall–Kier alpha value is -4.90. The molecule has 0 bridgehead atoms. The van der Waals surface area contributed by atoms with Crippen LogP contribution in [-0.2, 0) is 15.6 Å². The third kappa shape index (κ3) is 6.50. The fraction of sp³-hybridized carbons (Fsp3) is 0.388. The quantitative estimate of drug-likeness (QED) is 0.168. The number of hydrogen-bond acceptors (Lipinski definition) is 5. The molecule has 1 fully saturated rings. The number of para-hydroxylation sites is 1. The van der Waals surface area contributed by atoms with Gasteiger partial charge in [-0.1, -0.05) is 111 Å². The van der Waals surface area contributed by atoms with E-state index in [0.717, 1.165) is 58.6 Å². The Kier molecular flexibility index (Phi) is 9.19. The number of fused-ring (bicyclic) bond motifs is 3. The normalized spacial score (nSPS) is 18.9. The molecule has 2 atom stereocenters. The van der Waals surface area contributed by atoms with Gasteiger partial charge in [0, 0.05) is 23.2 Å². The van der Waals surface area contributed by atoms with Crippen molar-refractivity contribution in [2.24, 2.45) is 4.99 Å². The Morgan fingerprint density at radius 3 is 2.17 bits per heavy atom. The maximum Gasteiger partial charge on any atom is 0.216 e. The van der Waals surface area contributed by atoms with Crippen molar-refractivity contribution in [1.82, 2.24) is 4.98 Å². The van der Waals surface area contributed by atoms with Gasteiger partial charge < -0.3 is 9.47 Å². The van der Waals surface area contributed by atoms with Crippen molar-refractivity contribution in [3.63, 3.8) is 0 Å². The van der Waals surface area contributed by atoms with Gasteiger partial charge in [0.2, 0.25) is 5.90 Å². The maximum absolute atomic E-state index is 6.99. The van der Waals surface area contributed by atoms with Crippen molar-refractivity contribution in [3.05, 3.63) is 131 Å². The van der Waals surface area contributed by atoms with Gasteiger partial charge in [-0.25, -0.2) is 9.98 Å². The standard InChI is InChI=1S/C49H55N3O2/c1-30(2)37-15-14-16-38(31(3)4)46(37)32-25-33(47-51-41-18-11-13-20-44(41)54-47)27-36(26-32)53-35-21-22-40-43(29-35)52(42-19-12-10-17-39(42)49(40,8)9)45-28-34(23-24-50-45)48(5,6)7/h10,12,14-17,19,21-31,41,44H,11,13,18,20H2,1-9H3/t41-,44+/m1/s1. The van der Waals surface area contributed by atoms with Crippen molar-refractivity contribution >= 4 is 23.1 Å². The van der Waals surface area contributed by atoms with Gasteiger partial charge in [0.25, 0.3) is 0 Å². The van der Waals surface area contributed by atoms with E-state index in [1.807, 2.05) is 6.20 Å². The van der Waals surface area contributed by atoms with Crippen LogP contribution in [0.4, 0.5) is 17.2 Å². The summed E-state index contributed by atoms with van der Waals surface area (Å²) in [6.45, 7) is 20.5. The highest BCUT2D eigenvalue weighted by atomic mass is 16.5. The molecule has 1 saturated carbocycles. The SMILES string of the molecule is CC(C)c1cccc(C(C)C)c1-c1cc(Oc2ccc3c(c2)N(c2cc(C(C)(C)C)ccn2)c2ccccc2C3(C)C)cc(C2=N[C@@H]3CCCC[C@@H]3O2)c1. The molecule has 3 heterocycles. The van der Waals surface area contributed by atoms with Crippen LogP contribution in [0.1, 0.15) is 133 Å². The summed E-state index contributed by atoms with van der Waals surface area (Å²) >= 11 is 0. The van der Waals surface area contributed by atoms with Crippen molar-refractivity contribution in [1.29, 1.82) is 0 Å². The van der Waals surface area contributed by atoms with Crippen molar-refractivity contribution < 1.29 is 9.47 Å². The smallest absolute Gasteiger partial charge is 0.216 e. The molecule has 5 nitrogen and oxygen atoms in total. The van der Waals surface area contributed by atoms with E-state index in [1.54, 1.807) is 0 Å². The average molecular weight is 718 g/mol. The lowest BCUT2D eigenvalue weighted by Crippen LogP contribution is -2.31. The fourth-order valence-corrected chi connectivity index (χ4v) is 8.79. The average Bonchev–Trinajstić information content (AvgIpc) is 3.59.